The minimum absolute atomic E-state index is 0.0336. The van der Waals surface area contributed by atoms with E-state index in [0.29, 0.717) is 35.7 Å². The van der Waals surface area contributed by atoms with E-state index in [0.717, 1.165) is 37.0 Å². The van der Waals surface area contributed by atoms with Crippen LogP contribution in [0.25, 0.3) is 0 Å². The molecule has 8 heteroatoms. The number of halogens is 1. The Labute approximate surface area is 197 Å². The van der Waals surface area contributed by atoms with Crippen molar-refractivity contribution in [1.82, 2.24) is 10.2 Å². The van der Waals surface area contributed by atoms with Crippen LogP contribution in [0, 0.1) is 0 Å². The van der Waals surface area contributed by atoms with Crippen molar-refractivity contribution in [1.29, 1.82) is 0 Å². The van der Waals surface area contributed by atoms with E-state index in [4.69, 9.17) is 11.6 Å². The van der Waals surface area contributed by atoms with Crippen LogP contribution in [0.15, 0.2) is 35.7 Å². The van der Waals surface area contributed by atoms with Gasteiger partial charge in [0.1, 0.15) is 6.04 Å². The molecule has 1 aliphatic carbocycles. The number of carbonyl (C=O) groups excluding carboxylic acids is 3. The molecule has 2 fully saturated rings. The van der Waals surface area contributed by atoms with E-state index in [-0.39, 0.29) is 23.8 Å². The number of carbonyl (C=O) groups is 3. The number of benzene rings is 1. The van der Waals surface area contributed by atoms with Gasteiger partial charge in [0, 0.05) is 23.2 Å². The molecule has 170 valence electrons. The van der Waals surface area contributed by atoms with E-state index < -0.39 is 6.04 Å². The highest BCUT2D eigenvalue weighted by Gasteiger charge is 2.34. The Morgan fingerprint density at radius 1 is 1.06 bits per heavy atom. The van der Waals surface area contributed by atoms with Crippen molar-refractivity contribution in [3.63, 3.8) is 0 Å². The molecule has 1 unspecified atom stereocenters. The quantitative estimate of drug-likeness (QED) is 0.641. The Balaban J connectivity index is 1.40. The summed E-state index contributed by atoms with van der Waals surface area (Å²) in [7, 11) is 0. The van der Waals surface area contributed by atoms with Gasteiger partial charge in [0.2, 0.25) is 11.8 Å². The molecular formula is C24H28ClN3O3S. The monoisotopic (exact) mass is 473 g/mol. The van der Waals surface area contributed by atoms with Gasteiger partial charge in [-0.25, -0.2) is 0 Å². The molecule has 6 nitrogen and oxygen atoms in total. The molecule has 2 N–H and O–H groups in total. The van der Waals surface area contributed by atoms with Crippen LogP contribution in [-0.4, -0.2) is 41.2 Å². The lowest BCUT2D eigenvalue weighted by molar-refractivity contribution is -0.136. The lowest BCUT2D eigenvalue weighted by atomic mass is 9.95. The van der Waals surface area contributed by atoms with Crippen LogP contribution in [0.3, 0.4) is 0 Å². The minimum Gasteiger partial charge on any atom is -0.349 e. The molecule has 1 saturated carbocycles. The maximum atomic E-state index is 13.0. The van der Waals surface area contributed by atoms with Gasteiger partial charge in [-0.2, -0.15) is 0 Å². The van der Waals surface area contributed by atoms with Gasteiger partial charge in [-0.15, -0.1) is 11.3 Å². The molecule has 2 aliphatic rings. The van der Waals surface area contributed by atoms with Crippen LogP contribution < -0.4 is 10.6 Å². The summed E-state index contributed by atoms with van der Waals surface area (Å²) >= 11 is 7.82. The average molecular weight is 474 g/mol. The Hall–Kier alpha value is -2.38. The van der Waals surface area contributed by atoms with Crippen LogP contribution in [0.4, 0.5) is 5.69 Å². The highest BCUT2D eigenvalue weighted by atomic mass is 35.5. The van der Waals surface area contributed by atoms with Crippen LogP contribution in [0.2, 0.25) is 5.02 Å². The molecule has 0 spiro atoms. The summed E-state index contributed by atoms with van der Waals surface area (Å²) in [5.74, 6) is -0.483. The van der Waals surface area contributed by atoms with Crippen LogP contribution in [0.1, 0.15) is 60.2 Å². The number of nitrogens with one attached hydrogen (secondary N) is 2. The lowest BCUT2D eigenvalue weighted by Gasteiger charge is -2.24. The van der Waals surface area contributed by atoms with Crippen LogP contribution in [-0.2, 0) is 16.0 Å². The van der Waals surface area contributed by atoms with Crippen LogP contribution >= 0.6 is 22.9 Å². The molecule has 3 amide bonds. The smallest absolute Gasteiger partial charge is 0.253 e. The zero-order valence-electron chi connectivity index (χ0n) is 17.9. The van der Waals surface area contributed by atoms with Gasteiger partial charge in [-0.3, -0.25) is 14.4 Å². The number of anilines is 1. The summed E-state index contributed by atoms with van der Waals surface area (Å²) in [6.07, 6.45) is 7.16. The number of nitrogens with zero attached hydrogens (tertiary/aromatic N) is 1. The molecular weight excluding hydrogens is 446 g/mol. The van der Waals surface area contributed by atoms with Gasteiger partial charge in [0.25, 0.3) is 5.91 Å². The molecule has 0 radical (unpaired) electrons. The summed E-state index contributed by atoms with van der Waals surface area (Å²) < 4.78 is 0. The van der Waals surface area contributed by atoms with Crippen molar-refractivity contribution in [2.75, 3.05) is 11.9 Å². The molecule has 1 aliphatic heterocycles. The lowest BCUT2D eigenvalue weighted by Crippen LogP contribution is -2.43. The summed E-state index contributed by atoms with van der Waals surface area (Å²) in [6, 6.07) is 8.45. The van der Waals surface area contributed by atoms with Crippen molar-refractivity contribution >= 4 is 46.3 Å². The number of likely N-dealkylation sites (tertiary alicyclic amines) is 1. The fraction of sp³-hybridized carbons (Fsp3) is 0.458. The second-order valence-corrected chi connectivity index (χ2v) is 9.93. The molecule has 1 atom stereocenters. The number of amides is 3. The molecule has 1 aromatic carbocycles. The second-order valence-electron chi connectivity index (χ2n) is 8.49. The predicted octanol–water partition coefficient (Wildman–Crippen LogP) is 4.64. The molecule has 1 aromatic heterocycles. The molecule has 0 bridgehead atoms. The fourth-order valence-electron chi connectivity index (χ4n) is 4.51. The van der Waals surface area contributed by atoms with Crippen molar-refractivity contribution < 1.29 is 14.4 Å². The Kier molecular flexibility index (Phi) is 7.48. The standard InChI is InChI=1S/C24H28ClN3O3S/c25-20-11-10-17(14-19(20)23(30)26-16-6-2-1-3-7-16)27-24(31)21-9-4-12-28(21)22(29)15-18-8-5-13-32-18/h5,8,10-11,13-14,16,21H,1-4,6-7,9,12,15H2,(H,26,30)(H,27,31). The highest BCUT2D eigenvalue weighted by molar-refractivity contribution is 7.10. The van der Waals surface area contributed by atoms with Gasteiger partial charge in [0.05, 0.1) is 17.0 Å². The van der Waals surface area contributed by atoms with Crippen molar-refractivity contribution in [2.45, 2.75) is 63.5 Å². The first-order chi connectivity index (χ1) is 15.5. The molecule has 2 heterocycles. The Morgan fingerprint density at radius 3 is 2.62 bits per heavy atom. The van der Waals surface area contributed by atoms with Gasteiger partial charge in [-0.05, 0) is 55.3 Å². The van der Waals surface area contributed by atoms with E-state index in [9.17, 15) is 14.4 Å². The van der Waals surface area contributed by atoms with E-state index in [1.165, 1.54) is 6.42 Å². The zero-order chi connectivity index (χ0) is 22.5. The zero-order valence-corrected chi connectivity index (χ0v) is 19.5. The first-order valence-corrected chi connectivity index (χ1v) is 12.5. The van der Waals surface area contributed by atoms with Gasteiger partial charge in [0.15, 0.2) is 0 Å². The van der Waals surface area contributed by atoms with Crippen LogP contribution in [0.5, 0.6) is 0 Å². The third-order valence-corrected chi connectivity index (χ3v) is 7.41. The van der Waals surface area contributed by atoms with E-state index in [2.05, 4.69) is 10.6 Å². The SMILES string of the molecule is O=C(NC1CCCCC1)c1cc(NC(=O)C2CCCN2C(=O)Cc2cccs2)ccc1Cl. The van der Waals surface area contributed by atoms with E-state index in [1.54, 1.807) is 34.4 Å². The van der Waals surface area contributed by atoms with Gasteiger partial charge >= 0.3 is 0 Å². The van der Waals surface area contributed by atoms with Gasteiger partial charge in [-0.1, -0.05) is 36.9 Å². The molecule has 4 rings (SSSR count). The van der Waals surface area contributed by atoms with E-state index in [1.807, 2.05) is 17.5 Å². The summed E-state index contributed by atoms with van der Waals surface area (Å²) in [6.45, 7) is 0.581. The summed E-state index contributed by atoms with van der Waals surface area (Å²) in [5.41, 5.74) is 0.859. The summed E-state index contributed by atoms with van der Waals surface area (Å²) in [5, 5.41) is 8.25. The largest absolute Gasteiger partial charge is 0.349 e. The van der Waals surface area contributed by atoms with Gasteiger partial charge < -0.3 is 15.5 Å². The highest BCUT2D eigenvalue weighted by Crippen LogP contribution is 2.25. The number of thiophene rings is 1. The first kappa shape index (κ1) is 22.8. The molecule has 1 saturated heterocycles. The number of rotatable bonds is 6. The average Bonchev–Trinajstić information content (AvgIpc) is 3.48. The second kappa shape index (κ2) is 10.5. The third-order valence-electron chi connectivity index (χ3n) is 6.20. The number of hydrogen-bond acceptors (Lipinski definition) is 4. The minimum atomic E-state index is -0.502. The third kappa shape index (κ3) is 5.51. The maximum Gasteiger partial charge on any atom is 0.253 e. The normalized spacial score (nSPS) is 19.0. The van der Waals surface area contributed by atoms with Crippen molar-refractivity contribution in [3.05, 3.63) is 51.2 Å². The Bertz CT molecular complexity index is 973. The molecule has 32 heavy (non-hydrogen) atoms. The maximum absolute atomic E-state index is 13.0. The number of hydrogen-bond donors (Lipinski definition) is 2. The topological polar surface area (TPSA) is 78.5 Å². The predicted molar refractivity (Wildman–Crippen MR) is 127 cm³/mol. The van der Waals surface area contributed by atoms with Crippen molar-refractivity contribution in [2.24, 2.45) is 0 Å². The molecule has 2 aromatic rings. The van der Waals surface area contributed by atoms with Crippen molar-refractivity contribution in [3.8, 4) is 0 Å². The Morgan fingerprint density at radius 2 is 1.88 bits per heavy atom. The fourth-order valence-corrected chi connectivity index (χ4v) is 5.41. The first-order valence-electron chi connectivity index (χ1n) is 11.2. The summed E-state index contributed by atoms with van der Waals surface area (Å²) in [4.78, 5) is 41.1. The van der Waals surface area contributed by atoms with E-state index >= 15 is 0 Å².